The van der Waals surface area contributed by atoms with Crippen molar-refractivity contribution in [2.24, 2.45) is 5.92 Å². The van der Waals surface area contributed by atoms with E-state index in [0.717, 1.165) is 24.9 Å². The van der Waals surface area contributed by atoms with Crippen LogP contribution in [0.1, 0.15) is 54.4 Å². The SMILES string of the molecule is O=C(O)c1ccccc1CCC(=O)N1CCCC2CCCC21. The van der Waals surface area contributed by atoms with Crippen molar-refractivity contribution in [2.75, 3.05) is 6.54 Å². The quantitative estimate of drug-likeness (QED) is 0.929. The second kappa shape index (κ2) is 6.51. The number of carbonyl (C=O) groups excluding carboxylic acids is 1. The third-order valence-corrected chi connectivity index (χ3v) is 5.17. The first-order valence-corrected chi connectivity index (χ1v) is 8.27. The predicted molar refractivity (Wildman–Crippen MR) is 83.8 cm³/mol. The highest BCUT2D eigenvalue weighted by atomic mass is 16.4. The van der Waals surface area contributed by atoms with Crippen molar-refractivity contribution in [1.29, 1.82) is 0 Å². The van der Waals surface area contributed by atoms with Crippen molar-refractivity contribution in [3.63, 3.8) is 0 Å². The van der Waals surface area contributed by atoms with Crippen LogP contribution in [0.3, 0.4) is 0 Å². The molecule has 4 heteroatoms. The molecule has 1 saturated carbocycles. The van der Waals surface area contributed by atoms with Gasteiger partial charge in [0.2, 0.25) is 5.91 Å². The summed E-state index contributed by atoms with van der Waals surface area (Å²) < 4.78 is 0. The Labute approximate surface area is 131 Å². The van der Waals surface area contributed by atoms with Gasteiger partial charge in [0, 0.05) is 19.0 Å². The molecule has 0 radical (unpaired) electrons. The molecule has 0 spiro atoms. The topological polar surface area (TPSA) is 57.6 Å². The van der Waals surface area contributed by atoms with Gasteiger partial charge in [-0.05, 0) is 49.7 Å². The molecule has 1 saturated heterocycles. The molecule has 1 heterocycles. The lowest BCUT2D eigenvalue weighted by atomic mass is 9.91. The summed E-state index contributed by atoms with van der Waals surface area (Å²) in [5, 5.41) is 9.21. The van der Waals surface area contributed by atoms with Gasteiger partial charge < -0.3 is 10.0 Å². The predicted octanol–water partition coefficient (Wildman–Crippen LogP) is 3.11. The average molecular weight is 301 g/mol. The van der Waals surface area contributed by atoms with Crippen molar-refractivity contribution in [2.45, 2.75) is 51.0 Å². The van der Waals surface area contributed by atoms with Gasteiger partial charge in [0.15, 0.2) is 0 Å². The van der Waals surface area contributed by atoms with Crippen LogP contribution in [0.25, 0.3) is 0 Å². The molecule has 3 rings (SSSR count). The summed E-state index contributed by atoms with van der Waals surface area (Å²) >= 11 is 0. The standard InChI is InChI=1S/C18H23NO3/c20-17(19-12-4-7-14-6-3-9-16(14)19)11-10-13-5-1-2-8-15(13)18(21)22/h1-2,5,8,14,16H,3-4,6-7,9-12H2,(H,21,22). The van der Waals surface area contributed by atoms with Crippen LogP contribution in [0.5, 0.6) is 0 Å². The van der Waals surface area contributed by atoms with E-state index in [4.69, 9.17) is 0 Å². The minimum Gasteiger partial charge on any atom is -0.478 e. The van der Waals surface area contributed by atoms with E-state index in [1.807, 2.05) is 12.1 Å². The number of carboxylic acid groups (broad SMARTS) is 1. The molecule has 0 bridgehead atoms. The molecule has 2 atom stereocenters. The van der Waals surface area contributed by atoms with Crippen molar-refractivity contribution in [3.8, 4) is 0 Å². The zero-order chi connectivity index (χ0) is 15.5. The Balaban J connectivity index is 1.64. The van der Waals surface area contributed by atoms with Gasteiger partial charge in [-0.1, -0.05) is 24.6 Å². The van der Waals surface area contributed by atoms with E-state index >= 15 is 0 Å². The lowest BCUT2D eigenvalue weighted by molar-refractivity contribution is -0.135. The van der Waals surface area contributed by atoms with Gasteiger partial charge in [0.05, 0.1) is 5.56 Å². The lowest BCUT2D eigenvalue weighted by Crippen LogP contribution is -2.46. The van der Waals surface area contributed by atoms with Gasteiger partial charge in [-0.3, -0.25) is 4.79 Å². The summed E-state index contributed by atoms with van der Waals surface area (Å²) in [4.78, 5) is 25.9. The average Bonchev–Trinajstić information content (AvgIpc) is 3.01. The summed E-state index contributed by atoms with van der Waals surface area (Å²) in [7, 11) is 0. The molecule has 2 aliphatic rings. The van der Waals surface area contributed by atoms with Gasteiger partial charge >= 0.3 is 5.97 Å². The summed E-state index contributed by atoms with van der Waals surface area (Å²) in [5.74, 6) is -0.0299. The Morgan fingerprint density at radius 2 is 1.91 bits per heavy atom. The number of carboxylic acids is 1. The van der Waals surface area contributed by atoms with Crippen LogP contribution in [-0.2, 0) is 11.2 Å². The molecular formula is C18H23NO3. The maximum absolute atomic E-state index is 12.6. The summed E-state index contributed by atoms with van der Waals surface area (Å²) in [6.45, 7) is 0.876. The fraction of sp³-hybridized carbons (Fsp3) is 0.556. The minimum atomic E-state index is -0.920. The number of likely N-dealkylation sites (tertiary alicyclic amines) is 1. The van der Waals surface area contributed by atoms with Gasteiger partial charge in [0.1, 0.15) is 0 Å². The van der Waals surface area contributed by atoms with E-state index in [2.05, 4.69) is 4.90 Å². The first-order valence-electron chi connectivity index (χ1n) is 8.27. The normalized spacial score (nSPS) is 24.1. The Bertz CT molecular complexity index is 569. The molecule has 0 aromatic heterocycles. The van der Waals surface area contributed by atoms with E-state index in [-0.39, 0.29) is 5.91 Å². The van der Waals surface area contributed by atoms with Crippen LogP contribution in [0.4, 0.5) is 0 Å². The number of amides is 1. The number of hydrogen-bond donors (Lipinski definition) is 1. The first kappa shape index (κ1) is 15.1. The number of nitrogens with zero attached hydrogens (tertiary/aromatic N) is 1. The number of hydrogen-bond acceptors (Lipinski definition) is 2. The number of aromatic carboxylic acids is 1. The summed E-state index contributed by atoms with van der Waals surface area (Å²) in [6, 6.07) is 7.42. The molecular weight excluding hydrogens is 278 g/mol. The lowest BCUT2D eigenvalue weighted by Gasteiger charge is -2.38. The van der Waals surface area contributed by atoms with E-state index < -0.39 is 5.97 Å². The maximum Gasteiger partial charge on any atom is 0.335 e. The van der Waals surface area contributed by atoms with Gasteiger partial charge in [-0.25, -0.2) is 4.79 Å². The molecule has 1 aliphatic heterocycles. The number of fused-ring (bicyclic) bond motifs is 1. The van der Waals surface area contributed by atoms with Gasteiger partial charge in [0.25, 0.3) is 0 Å². The molecule has 1 aromatic rings. The second-order valence-corrected chi connectivity index (χ2v) is 6.45. The Kier molecular flexibility index (Phi) is 4.46. The minimum absolute atomic E-state index is 0.191. The van der Waals surface area contributed by atoms with Crippen LogP contribution in [0.2, 0.25) is 0 Å². The highest BCUT2D eigenvalue weighted by molar-refractivity contribution is 5.89. The first-order chi connectivity index (χ1) is 10.7. The van der Waals surface area contributed by atoms with Crippen LogP contribution in [-0.4, -0.2) is 34.5 Å². The number of piperidine rings is 1. The monoisotopic (exact) mass is 301 g/mol. The molecule has 1 aromatic carbocycles. The Morgan fingerprint density at radius 3 is 2.73 bits per heavy atom. The highest BCUT2D eigenvalue weighted by Gasteiger charge is 2.36. The van der Waals surface area contributed by atoms with Crippen LogP contribution in [0, 0.1) is 5.92 Å². The molecule has 2 unspecified atom stereocenters. The maximum atomic E-state index is 12.6. The molecule has 1 N–H and O–H groups in total. The van der Waals surface area contributed by atoms with Crippen molar-refractivity contribution in [3.05, 3.63) is 35.4 Å². The van der Waals surface area contributed by atoms with E-state index in [1.54, 1.807) is 12.1 Å². The van der Waals surface area contributed by atoms with Crippen molar-refractivity contribution >= 4 is 11.9 Å². The zero-order valence-corrected chi connectivity index (χ0v) is 12.8. The molecule has 1 amide bonds. The van der Waals surface area contributed by atoms with E-state index in [1.165, 1.54) is 19.3 Å². The Morgan fingerprint density at radius 1 is 1.14 bits per heavy atom. The van der Waals surface area contributed by atoms with Crippen LogP contribution in [0.15, 0.2) is 24.3 Å². The third kappa shape index (κ3) is 3.01. The van der Waals surface area contributed by atoms with Crippen LogP contribution < -0.4 is 0 Å². The number of aryl methyl sites for hydroxylation is 1. The molecule has 22 heavy (non-hydrogen) atoms. The van der Waals surface area contributed by atoms with Crippen LogP contribution >= 0.6 is 0 Å². The number of carbonyl (C=O) groups is 2. The Hall–Kier alpha value is -1.84. The molecule has 4 nitrogen and oxygen atoms in total. The molecule has 2 fully saturated rings. The van der Waals surface area contributed by atoms with E-state index in [9.17, 15) is 14.7 Å². The summed E-state index contributed by atoms with van der Waals surface area (Å²) in [5.41, 5.74) is 1.07. The molecule has 1 aliphatic carbocycles. The van der Waals surface area contributed by atoms with Crippen molar-refractivity contribution in [1.82, 2.24) is 4.90 Å². The fourth-order valence-electron chi connectivity index (χ4n) is 4.10. The number of rotatable bonds is 4. The van der Waals surface area contributed by atoms with E-state index in [0.29, 0.717) is 30.4 Å². The zero-order valence-electron chi connectivity index (χ0n) is 12.8. The largest absolute Gasteiger partial charge is 0.478 e. The van der Waals surface area contributed by atoms with Crippen molar-refractivity contribution < 1.29 is 14.7 Å². The second-order valence-electron chi connectivity index (χ2n) is 6.45. The number of benzene rings is 1. The smallest absolute Gasteiger partial charge is 0.335 e. The summed E-state index contributed by atoms with van der Waals surface area (Å²) in [6.07, 6.45) is 6.93. The fourth-order valence-corrected chi connectivity index (χ4v) is 4.10. The van der Waals surface area contributed by atoms with Gasteiger partial charge in [-0.15, -0.1) is 0 Å². The van der Waals surface area contributed by atoms with Gasteiger partial charge in [-0.2, -0.15) is 0 Å². The highest BCUT2D eigenvalue weighted by Crippen LogP contribution is 2.37. The third-order valence-electron chi connectivity index (χ3n) is 5.17. The molecule has 118 valence electrons.